The molecule has 5 nitrogen and oxygen atoms in total. The van der Waals surface area contributed by atoms with Crippen molar-refractivity contribution in [2.45, 2.75) is 70.9 Å². The Labute approximate surface area is 175 Å². The van der Waals surface area contributed by atoms with Crippen LogP contribution in [0.2, 0.25) is 0 Å². The lowest BCUT2D eigenvalue weighted by molar-refractivity contribution is -0.125. The number of nitrogens with zero attached hydrogens (tertiary/aromatic N) is 1. The summed E-state index contributed by atoms with van der Waals surface area (Å²) >= 11 is 0. The molecule has 26 heavy (non-hydrogen) atoms. The fraction of sp³-hybridized carbons (Fsp3) is 0.850. The number of guanidine groups is 1. The first-order valence-corrected chi connectivity index (χ1v) is 10.2. The van der Waals surface area contributed by atoms with Crippen molar-refractivity contribution in [3.8, 4) is 0 Å². The van der Waals surface area contributed by atoms with Crippen molar-refractivity contribution in [1.29, 1.82) is 0 Å². The average molecular weight is 477 g/mol. The normalized spacial score (nSPS) is 27.5. The Kier molecular flexibility index (Phi) is 9.17. The summed E-state index contributed by atoms with van der Waals surface area (Å²) in [7, 11) is 0. The molecule has 0 amide bonds. The third-order valence-corrected chi connectivity index (χ3v) is 6.10. The summed E-state index contributed by atoms with van der Waals surface area (Å²) < 4.78 is 11.4. The fourth-order valence-corrected chi connectivity index (χ4v) is 4.68. The Balaban J connectivity index is 0.00000243. The summed E-state index contributed by atoms with van der Waals surface area (Å²) in [6.45, 7) is 8.43. The van der Waals surface area contributed by atoms with Gasteiger partial charge in [0.1, 0.15) is 0 Å². The molecule has 1 aliphatic heterocycles. The van der Waals surface area contributed by atoms with Gasteiger partial charge in [0.05, 0.1) is 19.3 Å². The van der Waals surface area contributed by atoms with Crippen LogP contribution in [0.15, 0.2) is 16.6 Å². The number of hydrogen-bond acceptors (Lipinski definition) is 3. The average Bonchev–Trinajstić information content (AvgIpc) is 3.15. The highest BCUT2D eigenvalue weighted by molar-refractivity contribution is 14.0. The van der Waals surface area contributed by atoms with Gasteiger partial charge in [-0.2, -0.15) is 0 Å². The molecule has 2 unspecified atom stereocenters. The standard InChI is InChI=1S/C20H35N3O2.HI/c1-3-21-19(22-12-7-16-8-13-24-14-9-16)23-17-15-18(25-4-2)20(17)10-5-6-11-20;/h8,17-18H,3-7,9-15H2,1-2H3,(H2,21,22,23);1H. The van der Waals surface area contributed by atoms with Crippen LogP contribution in [0, 0.1) is 5.41 Å². The van der Waals surface area contributed by atoms with E-state index in [9.17, 15) is 0 Å². The van der Waals surface area contributed by atoms with Gasteiger partial charge in [-0.05, 0) is 46.0 Å². The van der Waals surface area contributed by atoms with Gasteiger partial charge in [-0.3, -0.25) is 4.99 Å². The van der Waals surface area contributed by atoms with Crippen molar-refractivity contribution in [1.82, 2.24) is 10.6 Å². The van der Waals surface area contributed by atoms with Gasteiger partial charge in [-0.25, -0.2) is 0 Å². The van der Waals surface area contributed by atoms with E-state index in [1.54, 1.807) is 0 Å². The van der Waals surface area contributed by atoms with Crippen molar-refractivity contribution in [3.63, 3.8) is 0 Å². The van der Waals surface area contributed by atoms with Crippen LogP contribution in [0.1, 0.15) is 58.8 Å². The topological polar surface area (TPSA) is 54.9 Å². The molecule has 6 heteroatoms. The summed E-state index contributed by atoms with van der Waals surface area (Å²) in [5.41, 5.74) is 1.83. The first-order valence-electron chi connectivity index (χ1n) is 10.2. The van der Waals surface area contributed by atoms with Gasteiger partial charge in [-0.1, -0.05) is 24.5 Å². The van der Waals surface area contributed by atoms with E-state index in [0.717, 1.165) is 58.1 Å². The maximum Gasteiger partial charge on any atom is 0.191 e. The Bertz CT molecular complexity index is 489. The molecule has 0 radical (unpaired) electrons. The van der Waals surface area contributed by atoms with Gasteiger partial charge in [-0.15, -0.1) is 24.0 Å². The third kappa shape index (κ3) is 5.13. The number of halogens is 1. The van der Waals surface area contributed by atoms with E-state index in [4.69, 9.17) is 14.5 Å². The lowest BCUT2D eigenvalue weighted by Crippen LogP contribution is -2.65. The second kappa shape index (κ2) is 10.9. The van der Waals surface area contributed by atoms with E-state index in [0.29, 0.717) is 17.6 Å². The summed E-state index contributed by atoms with van der Waals surface area (Å²) in [5, 5.41) is 7.15. The van der Waals surface area contributed by atoms with Crippen LogP contribution in [0.25, 0.3) is 0 Å². The van der Waals surface area contributed by atoms with Crippen LogP contribution < -0.4 is 10.6 Å². The minimum atomic E-state index is 0. The van der Waals surface area contributed by atoms with Crippen LogP contribution in [0.4, 0.5) is 0 Å². The van der Waals surface area contributed by atoms with Crippen molar-refractivity contribution in [2.75, 3.05) is 32.9 Å². The second-order valence-corrected chi connectivity index (χ2v) is 7.51. The number of nitrogens with one attached hydrogen (secondary N) is 2. The predicted molar refractivity (Wildman–Crippen MR) is 117 cm³/mol. The molecule has 2 N–H and O–H groups in total. The summed E-state index contributed by atoms with van der Waals surface area (Å²) in [5.74, 6) is 0.974. The zero-order chi connectivity index (χ0) is 17.5. The van der Waals surface area contributed by atoms with E-state index in [1.807, 2.05) is 0 Å². The van der Waals surface area contributed by atoms with Crippen LogP contribution in [-0.4, -0.2) is 51.0 Å². The van der Waals surface area contributed by atoms with Gasteiger partial charge in [0, 0.05) is 31.2 Å². The van der Waals surface area contributed by atoms with Gasteiger partial charge >= 0.3 is 0 Å². The first-order chi connectivity index (χ1) is 12.3. The number of hydrogen-bond donors (Lipinski definition) is 2. The maximum absolute atomic E-state index is 6.03. The molecule has 0 bridgehead atoms. The predicted octanol–water partition coefficient (Wildman–Crippen LogP) is 3.63. The highest BCUT2D eigenvalue weighted by atomic mass is 127. The van der Waals surface area contributed by atoms with Gasteiger partial charge < -0.3 is 20.1 Å². The Morgan fingerprint density at radius 1 is 1.35 bits per heavy atom. The summed E-state index contributed by atoms with van der Waals surface area (Å²) in [6, 6.07) is 0.506. The molecular weight excluding hydrogens is 441 g/mol. The van der Waals surface area contributed by atoms with Gasteiger partial charge in [0.25, 0.3) is 0 Å². The van der Waals surface area contributed by atoms with Crippen LogP contribution in [0.3, 0.4) is 0 Å². The van der Waals surface area contributed by atoms with Gasteiger partial charge in [0.2, 0.25) is 0 Å². The Hall–Kier alpha value is -0.340. The SMILES string of the molecule is CCNC(=NCCC1=CCOCC1)NC1CC(OCC)C12CCCC2.I. The van der Waals surface area contributed by atoms with Crippen molar-refractivity contribution in [3.05, 3.63) is 11.6 Å². The number of aliphatic imine (C=N–C) groups is 1. The molecule has 2 atom stereocenters. The lowest BCUT2D eigenvalue weighted by Gasteiger charge is -2.54. The van der Waals surface area contributed by atoms with Crippen LogP contribution in [0.5, 0.6) is 0 Å². The van der Waals surface area contributed by atoms with E-state index in [1.165, 1.54) is 31.3 Å². The largest absolute Gasteiger partial charge is 0.378 e. The van der Waals surface area contributed by atoms with Crippen molar-refractivity contribution >= 4 is 29.9 Å². The number of rotatable bonds is 7. The molecule has 1 spiro atoms. The minimum absolute atomic E-state index is 0. The molecule has 0 aromatic heterocycles. The third-order valence-electron chi connectivity index (χ3n) is 6.10. The van der Waals surface area contributed by atoms with E-state index >= 15 is 0 Å². The van der Waals surface area contributed by atoms with Crippen LogP contribution in [-0.2, 0) is 9.47 Å². The molecular formula is C20H36IN3O2. The molecule has 0 aromatic carbocycles. The quantitative estimate of drug-likeness (QED) is 0.255. The summed E-state index contributed by atoms with van der Waals surface area (Å²) in [4.78, 5) is 4.83. The summed E-state index contributed by atoms with van der Waals surface area (Å²) in [6.07, 6.45) is 11.1. The second-order valence-electron chi connectivity index (χ2n) is 7.51. The highest BCUT2D eigenvalue weighted by Crippen LogP contribution is 2.54. The zero-order valence-electron chi connectivity index (χ0n) is 16.4. The van der Waals surface area contributed by atoms with Gasteiger partial charge in [0.15, 0.2) is 5.96 Å². The Morgan fingerprint density at radius 2 is 2.15 bits per heavy atom. The monoisotopic (exact) mass is 477 g/mol. The first kappa shape index (κ1) is 22.0. The molecule has 1 heterocycles. The lowest BCUT2D eigenvalue weighted by atomic mass is 9.60. The van der Waals surface area contributed by atoms with E-state index in [2.05, 4.69) is 30.6 Å². The smallest absolute Gasteiger partial charge is 0.191 e. The molecule has 2 aliphatic carbocycles. The molecule has 0 saturated heterocycles. The van der Waals surface area contributed by atoms with E-state index < -0.39 is 0 Å². The minimum Gasteiger partial charge on any atom is -0.378 e. The molecule has 0 aromatic rings. The maximum atomic E-state index is 6.03. The highest BCUT2D eigenvalue weighted by Gasteiger charge is 2.56. The van der Waals surface area contributed by atoms with Crippen molar-refractivity contribution in [2.24, 2.45) is 10.4 Å². The fourth-order valence-electron chi connectivity index (χ4n) is 4.68. The molecule has 150 valence electrons. The van der Waals surface area contributed by atoms with Crippen LogP contribution >= 0.6 is 24.0 Å². The molecule has 2 fully saturated rings. The van der Waals surface area contributed by atoms with E-state index in [-0.39, 0.29) is 24.0 Å². The van der Waals surface area contributed by atoms with Crippen molar-refractivity contribution < 1.29 is 9.47 Å². The number of ether oxygens (including phenoxy) is 2. The zero-order valence-corrected chi connectivity index (χ0v) is 18.7. The molecule has 2 saturated carbocycles. The molecule has 3 aliphatic rings. The molecule has 3 rings (SSSR count). The Morgan fingerprint density at radius 3 is 2.81 bits per heavy atom.